The van der Waals surface area contributed by atoms with Crippen LogP contribution in [0, 0.1) is 20.8 Å². The van der Waals surface area contributed by atoms with Gasteiger partial charge in [-0.25, -0.2) is 4.68 Å². The maximum Gasteiger partial charge on any atom is 0.255 e. The lowest BCUT2D eigenvalue weighted by atomic mass is 9.95. The largest absolute Gasteiger partial charge is 0.495 e. The molecule has 1 unspecified atom stereocenters. The summed E-state index contributed by atoms with van der Waals surface area (Å²) in [7, 11) is 1.58. The fourth-order valence-corrected chi connectivity index (χ4v) is 6.69. The maximum absolute atomic E-state index is 14.0. The second-order valence-corrected chi connectivity index (χ2v) is 12.8. The number of ether oxygens (including phenoxy) is 2. The third kappa shape index (κ3) is 7.01. The van der Waals surface area contributed by atoms with Gasteiger partial charge in [0.1, 0.15) is 24.1 Å². The molecule has 1 aromatic heterocycles. The first-order valence-corrected chi connectivity index (χ1v) is 16.6. The molecule has 8 nitrogen and oxygen atoms in total. The van der Waals surface area contributed by atoms with Crippen molar-refractivity contribution in [1.29, 1.82) is 0 Å². The molecule has 2 heterocycles. The maximum atomic E-state index is 14.0. The number of amides is 1. The number of aromatic nitrogens is 3. The number of aryl methyl sites for hydroxylation is 3. The highest BCUT2D eigenvalue weighted by Gasteiger charge is 2.35. The first kappa shape index (κ1) is 32.2. The van der Waals surface area contributed by atoms with Gasteiger partial charge < -0.3 is 20.1 Å². The number of carbonyl (C=O) groups excluding carboxylic acids is 1. The highest BCUT2D eigenvalue weighted by Crippen LogP contribution is 2.38. The summed E-state index contributed by atoms with van der Waals surface area (Å²) < 4.78 is 13.5. The molecule has 10 heteroatoms. The Labute approximate surface area is 284 Å². The van der Waals surface area contributed by atoms with Crippen molar-refractivity contribution < 1.29 is 14.3 Å². The van der Waals surface area contributed by atoms with Crippen molar-refractivity contribution in [1.82, 2.24) is 14.8 Å². The third-order valence-electron chi connectivity index (χ3n) is 8.29. The van der Waals surface area contributed by atoms with Crippen LogP contribution in [-0.4, -0.2) is 27.8 Å². The van der Waals surface area contributed by atoms with E-state index in [1.54, 1.807) is 11.8 Å². The Balaban J connectivity index is 1.30. The Morgan fingerprint density at radius 1 is 0.936 bits per heavy atom. The van der Waals surface area contributed by atoms with E-state index in [9.17, 15) is 4.79 Å². The Hall–Kier alpha value is -4.73. The Bertz CT molecular complexity index is 1970. The second-order valence-electron chi connectivity index (χ2n) is 11.5. The number of rotatable bonds is 10. The normalized spacial score (nSPS) is 14.0. The lowest BCUT2D eigenvalue weighted by molar-refractivity contribution is -0.113. The number of methoxy groups -OCH3 is 1. The minimum absolute atomic E-state index is 0.276. The van der Waals surface area contributed by atoms with Crippen molar-refractivity contribution in [3.05, 3.63) is 135 Å². The van der Waals surface area contributed by atoms with E-state index < -0.39 is 6.04 Å². The molecular weight excluding hydrogens is 630 g/mol. The molecule has 0 radical (unpaired) electrons. The monoisotopic (exact) mass is 665 g/mol. The topological polar surface area (TPSA) is 90.3 Å². The first-order valence-electron chi connectivity index (χ1n) is 15.3. The molecule has 0 aliphatic carbocycles. The van der Waals surface area contributed by atoms with E-state index in [1.165, 1.54) is 28.5 Å². The number of halogens is 1. The first-order chi connectivity index (χ1) is 22.7. The van der Waals surface area contributed by atoms with Crippen LogP contribution < -0.4 is 20.1 Å². The molecule has 47 heavy (non-hydrogen) atoms. The zero-order valence-corrected chi connectivity index (χ0v) is 28.5. The van der Waals surface area contributed by atoms with Gasteiger partial charge in [-0.05, 0) is 91.4 Å². The van der Waals surface area contributed by atoms with Crippen LogP contribution >= 0.6 is 23.4 Å². The van der Waals surface area contributed by atoms with Gasteiger partial charge in [0.15, 0.2) is 0 Å². The number of carbonyl (C=O) groups is 1. The Morgan fingerprint density at radius 2 is 1.66 bits per heavy atom. The van der Waals surface area contributed by atoms with Gasteiger partial charge in [0.2, 0.25) is 11.1 Å². The standard InChI is InChI=1S/C37H36ClN5O3S/c1-22-18-24(3)28(19-23(22)2)20-46-29-16-14-26(15-17-29)34-33(35(44)40-31-12-8-9-13-32(31)45-5)25(4)39-36-41-37(42-43(34)36)47-21-27-10-6-7-11-30(27)38/h6-19,34H,20-21H2,1-5H3,(H,40,44)(H,39,41,42). The summed E-state index contributed by atoms with van der Waals surface area (Å²) >= 11 is 7.89. The SMILES string of the molecule is COc1ccccc1NC(=O)C1=C(C)Nc2nc(SCc3ccccc3Cl)nn2C1c1ccc(OCc2cc(C)c(C)cc2C)cc1. The predicted molar refractivity (Wildman–Crippen MR) is 189 cm³/mol. The van der Waals surface area contributed by atoms with Crippen LogP contribution in [0.4, 0.5) is 11.6 Å². The van der Waals surface area contributed by atoms with Crippen molar-refractivity contribution in [3.8, 4) is 11.5 Å². The molecule has 1 atom stereocenters. The summed E-state index contributed by atoms with van der Waals surface area (Å²) in [6.07, 6.45) is 0. The van der Waals surface area contributed by atoms with E-state index in [-0.39, 0.29) is 5.91 Å². The lowest BCUT2D eigenvalue weighted by Gasteiger charge is -2.29. The molecule has 6 rings (SSSR count). The van der Waals surface area contributed by atoms with Gasteiger partial charge in [-0.3, -0.25) is 4.79 Å². The van der Waals surface area contributed by atoms with Gasteiger partial charge in [0.05, 0.1) is 18.4 Å². The molecule has 1 aliphatic heterocycles. The summed E-state index contributed by atoms with van der Waals surface area (Å²) in [4.78, 5) is 18.8. The van der Waals surface area contributed by atoms with Crippen LogP contribution in [0.2, 0.25) is 5.02 Å². The van der Waals surface area contributed by atoms with E-state index in [2.05, 4.69) is 43.5 Å². The number of anilines is 2. The molecule has 4 aromatic carbocycles. The number of nitrogens with zero attached hydrogens (tertiary/aromatic N) is 3. The summed E-state index contributed by atoms with van der Waals surface area (Å²) in [6.45, 7) is 8.68. The highest BCUT2D eigenvalue weighted by atomic mass is 35.5. The third-order valence-corrected chi connectivity index (χ3v) is 9.55. The van der Waals surface area contributed by atoms with Crippen LogP contribution in [0.5, 0.6) is 11.5 Å². The van der Waals surface area contributed by atoms with Gasteiger partial charge in [-0.2, -0.15) is 4.98 Å². The molecule has 1 aliphatic rings. The van der Waals surface area contributed by atoms with Crippen LogP contribution in [0.1, 0.15) is 46.3 Å². The number of hydrogen-bond donors (Lipinski definition) is 2. The summed E-state index contributed by atoms with van der Waals surface area (Å²) in [6, 6.07) is 26.7. The van der Waals surface area contributed by atoms with E-state index in [0.717, 1.165) is 22.4 Å². The number of fused-ring (bicyclic) bond motifs is 1. The number of para-hydroxylation sites is 2. The van der Waals surface area contributed by atoms with Gasteiger partial charge in [0, 0.05) is 16.5 Å². The van der Waals surface area contributed by atoms with E-state index in [1.807, 2.05) is 79.7 Å². The molecule has 0 saturated heterocycles. The van der Waals surface area contributed by atoms with Crippen molar-refractivity contribution in [3.63, 3.8) is 0 Å². The molecular formula is C37H36ClN5O3S. The minimum atomic E-state index is -0.556. The molecule has 0 fully saturated rings. The number of hydrogen-bond acceptors (Lipinski definition) is 7. The van der Waals surface area contributed by atoms with Gasteiger partial charge in [-0.1, -0.05) is 78.0 Å². The molecule has 0 saturated carbocycles. The molecule has 1 amide bonds. The summed E-state index contributed by atoms with van der Waals surface area (Å²) in [5, 5.41) is 12.5. The Morgan fingerprint density at radius 3 is 2.43 bits per heavy atom. The molecule has 0 spiro atoms. The second kappa shape index (κ2) is 13.9. The van der Waals surface area contributed by atoms with E-state index in [4.69, 9.17) is 31.2 Å². The molecule has 5 aromatic rings. The fraction of sp³-hybridized carbons (Fsp3) is 0.216. The molecule has 0 bridgehead atoms. The summed E-state index contributed by atoms with van der Waals surface area (Å²) in [5.41, 5.74) is 8.48. The van der Waals surface area contributed by atoms with Gasteiger partial charge >= 0.3 is 0 Å². The average molecular weight is 666 g/mol. The Kier molecular flexibility index (Phi) is 9.56. The van der Waals surface area contributed by atoms with E-state index >= 15 is 0 Å². The molecule has 240 valence electrons. The predicted octanol–water partition coefficient (Wildman–Crippen LogP) is 8.66. The number of nitrogens with one attached hydrogen (secondary N) is 2. The zero-order valence-electron chi connectivity index (χ0n) is 26.9. The van der Waals surface area contributed by atoms with Crippen molar-refractivity contribution in [2.45, 2.75) is 51.3 Å². The smallest absolute Gasteiger partial charge is 0.255 e. The van der Waals surface area contributed by atoms with Crippen molar-refractivity contribution in [2.24, 2.45) is 0 Å². The van der Waals surface area contributed by atoms with Crippen molar-refractivity contribution >= 4 is 40.9 Å². The zero-order chi connectivity index (χ0) is 33.1. The highest BCUT2D eigenvalue weighted by molar-refractivity contribution is 7.98. The number of thioether (sulfide) groups is 1. The van der Waals surface area contributed by atoms with Gasteiger partial charge in [0.25, 0.3) is 5.91 Å². The van der Waals surface area contributed by atoms with Crippen LogP contribution in [0.3, 0.4) is 0 Å². The van der Waals surface area contributed by atoms with Crippen LogP contribution in [-0.2, 0) is 17.2 Å². The lowest BCUT2D eigenvalue weighted by Crippen LogP contribution is -2.31. The van der Waals surface area contributed by atoms with Crippen LogP contribution in [0.25, 0.3) is 0 Å². The van der Waals surface area contributed by atoms with Gasteiger partial charge in [-0.15, -0.1) is 5.10 Å². The average Bonchev–Trinajstić information content (AvgIpc) is 3.47. The number of benzene rings is 4. The van der Waals surface area contributed by atoms with Crippen molar-refractivity contribution in [2.75, 3.05) is 17.7 Å². The van der Waals surface area contributed by atoms with Crippen LogP contribution in [0.15, 0.2) is 101 Å². The quantitative estimate of drug-likeness (QED) is 0.144. The number of allylic oxidation sites excluding steroid dienone is 1. The molecule has 2 N–H and O–H groups in total. The minimum Gasteiger partial charge on any atom is -0.495 e. The van der Waals surface area contributed by atoms with E-state index in [0.29, 0.717) is 51.2 Å². The summed E-state index contributed by atoms with van der Waals surface area (Å²) in [5.74, 6) is 2.18. The fourth-order valence-electron chi connectivity index (χ4n) is 5.57.